The highest BCUT2D eigenvalue weighted by molar-refractivity contribution is 9.10. The summed E-state index contributed by atoms with van der Waals surface area (Å²) in [4.78, 5) is 13.9. The zero-order chi connectivity index (χ0) is 17.6. The summed E-state index contributed by atoms with van der Waals surface area (Å²) in [5.41, 5.74) is 2.63. The van der Waals surface area contributed by atoms with Crippen LogP contribution in [0.1, 0.15) is 15.9 Å². The summed E-state index contributed by atoms with van der Waals surface area (Å²) in [6.07, 6.45) is 0. The van der Waals surface area contributed by atoms with Gasteiger partial charge in [0.1, 0.15) is 25.4 Å². The van der Waals surface area contributed by atoms with Gasteiger partial charge in [-0.15, -0.1) is 0 Å². The number of morpholine rings is 1. The molecule has 1 heterocycles. The molecule has 0 unspecified atom stereocenters. The van der Waals surface area contributed by atoms with Gasteiger partial charge in [0.2, 0.25) is 0 Å². The second-order valence-electron chi connectivity index (χ2n) is 6.04. The first-order valence-electron chi connectivity index (χ1n) is 8.31. The van der Waals surface area contributed by atoms with E-state index in [9.17, 15) is 4.79 Å². The first-order chi connectivity index (χ1) is 12.2. The Labute approximate surface area is 156 Å². The van der Waals surface area contributed by atoms with Gasteiger partial charge in [0.05, 0.1) is 24.8 Å². The molecule has 3 rings (SSSR count). The first kappa shape index (κ1) is 17.9. The van der Waals surface area contributed by atoms with Crippen LogP contribution in [0.15, 0.2) is 46.9 Å². The van der Waals surface area contributed by atoms with Crippen LogP contribution >= 0.6 is 15.9 Å². The Morgan fingerprint density at radius 1 is 1.20 bits per heavy atom. The summed E-state index contributed by atoms with van der Waals surface area (Å²) >= 11 is 3.40. The molecule has 0 aliphatic carbocycles. The molecule has 25 heavy (non-hydrogen) atoms. The van der Waals surface area contributed by atoms with Crippen molar-refractivity contribution in [2.24, 2.45) is 0 Å². The van der Waals surface area contributed by atoms with Crippen molar-refractivity contribution in [1.29, 1.82) is 0 Å². The van der Waals surface area contributed by atoms with Crippen molar-refractivity contribution in [2.45, 2.75) is 6.54 Å². The van der Waals surface area contributed by atoms with Gasteiger partial charge in [-0.3, -0.25) is 4.79 Å². The van der Waals surface area contributed by atoms with E-state index in [1.165, 1.54) is 10.5 Å². The van der Waals surface area contributed by atoms with Crippen LogP contribution in [-0.4, -0.2) is 39.3 Å². The topological polar surface area (TPSA) is 52.0 Å². The van der Waals surface area contributed by atoms with Gasteiger partial charge >= 0.3 is 0 Å². The summed E-state index contributed by atoms with van der Waals surface area (Å²) in [5.74, 6) is 0.557. The molecule has 1 aliphatic heterocycles. The number of anilines is 1. The van der Waals surface area contributed by atoms with E-state index in [-0.39, 0.29) is 5.91 Å². The van der Waals surface area contributed by atoms with Crippen LogP contribution in [-0.2, 0) is 11.3 Å². The SMILES string of the molecule is COc1ccc(C(=O)Nc2ccc(C[NH+]3CCOCC3)cc2)cc1Br. The average molecular weight is 406 g/mol. The molecule has 0 bridgehead atoms. The summed E-state index contributed by atoms with van der Waals surface area (Å²) in [6, 6.07) is 13.3. The van der Waals surface area contributed by atoms with Gasteiger partial charge in [-0.2, -0.15) is 0 Å². The van der Waals surface area contributed by atoms with Crippen LogP contribution in [0.3, 0.4) is 0 Å². The zero-order valence-electron chi connectivity index (χ0n) is 14.2. The Morgan fingerprint density at radius 2 is 1.92 bits per heavy atom. The highest BCUT2D eigenvalue weighted by atomic mass is 79.9. The van der Waals surface area contributed by atoms with Gasteiger partial charge < -0.3 is 19.7 Å². The maximum Gasteiger partial charge on any atom is 0.255 e. The summed E-state index contributed by atoms with van der Waals surface area (Å²) < 4.78 is 11.3. The lowest BCUT2D eigenvalue weighted by Crippen LogP contribution is -3.12. The van der Waals surface area contributed by atoms with E-state index in [0.29, 0.717) is 11.3 Å². The molecule has 0 radical (unpaired) electrons. The number of hydrogen-bond acceptors (Lipinski definition) is 3. The summed E-state index contributed by atoms with van der Waals surface area (Å²) in [5, 5.41) is 2.93. The second-order valence-corrected chi connectivity index (χ2v) is 6.89. The summed E-state index contributed by atoms with van der Waals surface area (Å²) in [6.45, 7) is 4.75. The number of quaternary nitrogens is 1. The molecule has 0 aromatic heterocycles. The Balaban J connectivity index is 1.60. The van der Waals surface area contributed by atoms with Crippen molar-refractivity contribution in [3.05, 3.63) is 58.1 Å². The fourth-order valence-corrected chi connectivity index (χ4v) is 3.38. The fourth-order valence-electron chi connectivity index (χ4n) is 2.84. The van der Waals surface area contributed by atoms with Crippen LogP contribution in [0.4, 0.5) is 5.69 Å². The number of carbonyl (C=O) groups excluding carboxylic acids is 1. The lowest BCUT2D eigenvalue weighted by Gasteiger charge is -2.23. The maximum atomic E-state index is 12.4. The molecule has 5 nitrogen and oxygen atoms in total. The number of rotatable bonds is 5. The molecule has 132 valence electrons. The van der Waals surface area contributed by atoms with Crippen molar-refractivity contribution in [2.75, 3.05) is 38.7 Å². The molecule has 0 saturated carbocycles. The van der Waals surface area contributed by atoms with E-state index in [0.717, 1.165) is 43.0 Å². The fraction of sp³-hybridized carbons (Fsp3) is 0.316. The van der Waals surface area contributed by atoms with Gasteiger partial charge in [-0.25, -0.2) is 0 Å². The molecule has 0 atom stereocenters. The Hall–Kier alpha value is -1.89. The van der Waals surface area contributed by atoms with E-state index in [1.807, 2.05) is 12.1 Å². The van der Waals surface area contributed by atoms with Crippen molar-refractivity contribution >= 4 is 27.5 Å². The molecule has 6 heteroatoms. The number of benzene rings is 2. The summed E-state index contributed by atoms with van der Waals surface area (Å²) in [7, 11) is 1.60. The molecule has 0 spiro atoms. The maximum absolute atomic E-state index is 12.4. The lowest BCUT2D eigenvalue weighted by atomic mass is 10.1. The number of ether oxygens (including phenoxy) is 2. The van der Waals surface area contributed by atoms with Gasteiger partial charge in [0.15, 0.2) is 0 Å². The molecule has 2 aromatic carbocycles. The highest BCUT2D eigenvalue weighted by Crippen LogP contribution is 2.25. The molecule has 1 fully saturated rings. The minimum atomic E-state index is -0.144. The van der Waals surface area contributed by atoms with E-state index in [4.69, 9.17) is 9.47 Å². The third kappa shape index (κ3) is 4.81. The average Bonchev–Trinajstić information content (AvgIpc) is 2.64. The molecule has 1 amide bonds. The van der Waals surface area contributed by atoms with Gasteiger partial charge in [-0.1, -0.05) is 12.1 Å². The number of methoxy groups -OCH3 is 1. The number of amides is 1. The third-order valence-corrected chi connectivity index (χ3v) is 4.90. The van der Waals surface area contributed by atoms with Crippen LogP contribution < -0.4 is 15.0 Å². The Bertz CT molecular complexity index is 728. The third-order valence-electron chi connectivity index (χ3n) is 4.28. The monoisotopic (exact) mass is 405 g/mol. The van der Waals surface area contributed by atoms with Gasteiger partial charge in [0, 0.05) is 16.8 Å². The van der Waals surface area contributed by atoms with E-state index in [1.54, 1.807) is 25.3 Å². The minimum absolute atomic E-state index is 0.144. The lowest BCUT2D eigenvalue weighted by molar-refractivity contribution is -0.921. The smallest absolute Gasteiger partial charge is 0.255 e. The zero-order valence-corrected chi connectivity index (χ0v) is 15.8. The largest absolute Gasteiger partial charge is 0.496 e. The van der Waals surface area contributed by atoms with E-state index >= 15 is 0 Å². The van der Waals surface area contributed by atoms with Crippen molar-refractivity contribution in [3.8, 4) is 5.75 Å². The van der Waals surface area contributed by atoms with Crippen LogP contribution in [0.2, 0.25) is 0 Å². The minimum Gasteiger partial charge on any atom is -0.496 e. The second kappa shape index (κ2) is 8.47. The molecule has 2 aromatic rings. The van der Waals surface area contributed by atoms with Crippen molar-refractivity contribution in [3.63, 3.8) is 0 Å². The normalized spacial score (nSPS) is 15.0. The Morgan fingerprint density at radius 3 is 2.56 bits per heavy atom. The Kier molecular flexibility index (Phi) is 6.07. The number of halogens is 1. The van der Waals surface area contributed by atoms with Crippen LogP contribution in [0.25, 0.3) is 0 Å². The molecule has 1 aliphatic rings. The van der Waals surface area contributed by atoms with E-state index in [2.05, 4.69) is 33.4 Å². The van der Waals surface area contributed by atoms with Crippen molar-refractivity contribution < 1.29 is 19.2 Å². The first-order valence-corrected chi connectivity index (χ1v) is 9.10. The molecule has 1 saturated heterocycles. The highest BCUT2D eigenvalue weighted by Gasteiger charge is 2.14. The quantitative estimate of drug-likeness (QED) is 0.800. The van der Waals surface area contributed by atoms with E-state index < -0.39 is 0 Å². The van der Waals surface area contributed by atoms with Gasteiger partial charge in [-0.05, 0) is 46.3 Å². The molecular weight excluding hydrogens is 384 g/mol. The molecule has 2 N–H and O–H groups in total. The van der Waals surface area contributed by atoms with Gasteiger partial charge in [0.25, 0.3) is 5.91 Å². The number of hydrogen-bond donors (Lipinski definition) is 2. The van der Waals surface area contributed by atoms with Crippen molar-refractivity contribution in [1.82, 2.24) is 0 Å². The number of nitrogens with one attached hydrogen (secondary N) is 2. The predicted octanol–water partition coefficient (Wildman–Crippen LogP) is 2.13. The van der Waals surface area contributed by atoms with Crippen LogP contribution in [0, 0.1) is 0 Å². The molecular formula is C19H22BrN2O3+. The number of carbonyl (C=O) groups is 1. The standard InChI is InChI=1S/C19H21BrN2O3/c1-24-18-7-4-15(12-17(18)20)19(23)21-16-5-2-14(3-6-16)13-22-8-10-25-11-9-22/h2-7,12H,8-11,13H2,1H3,(H,21,23)/p+1. The predicted molar refractivity (Wildman–Crippen MR) is 100 cm³/mol. The van der Waals surface area contributed by atoms with Crippen LogP contribution in [0.5, 0.6) is 5.75 Å².